The summed E-state index contributed by atoms with van der Waals surface area (Å²) in [4.78, 5) is 27.1. The van der Waals surface area contributed by atoms with Gasteiger partial charge in [0.2, 0.25) is 0 Å². The van der Waals surface area contributed by atoms with Gasteiger partial charge in [0.05, 0.1) is 6.10 Å². The van der Waals surface area contributed by atoms with E-state index in [9.17, 15) is 9.59 Å². The topological polar surface area (TPSA) is 88.5 Å². The summed E-state index contributed by atoms with van der Waals surface area (Å²) in [5.41, 5.74) is 1.39. The summed E-state index contributed by atoms with van der Waals surface area (Å²) < 4.78 is 5.01. The number of carboxylic acid groups (broad SMARTS) is 1. The minimum absolute atomic E-state index is 0.333. The van der Waals surface area contributed by atoms with Gasteiger partial charge in [0, 0.05) is 11.9 Å². The second-order valence-corrected chi connectivity index (χ2v) is 4.73. The number of nitrogens with zero attached hydrogens (tertiary/aromatic N) is 1. The van der Waals surface area contributed by atoms with E-state index in [2.05, 4.69) is 10.3 Å². The van der Waals surface area contributed by atoms with Crippen molar-refractivity contribution in [2.45, 2.75) is 40.2 Å². The van der Waals surface area contributed by atoms with E-state index in [4.69, 9.17) is 9.84 Å². The van der Waals surface area contributed by atoms with Crippen LogP contribution in [0.2, 0.25) is 0 Å². The summed E-state index contributed by atoms with van der Waals surface area (Å²) in [5.74, 6) is -1.75. The molecule has 6 nitrogen and oxygen atoms in total. The number of nitrogens with one attached hydrogen (secondary N) is 1. The minimum atomic E-state index is -1.35. The monoisotopic (exact) mass is 292 g/mol. The van der Waals surface area contributed by atoms with Crippen LogP contribution in [0.4, 0.5) is 5.82 Å². The standard InChI is InChI=1S/C15H20N2O4/c1-5-10(3)21-15(20)12(14(18)19)8-16-13-7-6-9(2)11(4)17-13/h6-8,10H,5H2,1-4H3,(H,16,17)(H,18,19). The third kappa shape index (κ3) is 4.91. The van der Waals surface area contributed by atoms with Gasteiger partial charge in [-0.3, -0.25) is 0 Å². The lowest BCUT2D eigenvalue weighted by atomic mass is 10.2. The fourth-order valence-electron chi connectivity index (χ4n) is 1.39. The lowest BCUT2D eigenvalue weighted by Gasteiger charge is -2.11. The minimum Gasteiger partial charge on any atom is -0.477 e. The number of pyridine rings is 1. The third-order valence-electron chi connectivity index (χ3n) is 3.05. The Balaban J connectivity index is 2.87. The van der Waals surface area contributed by atoms with Crippen molar-refractivity contribution in [1.29, 1.82) is 0 Å². The SMILES string of the molecule is CCC(C)OC(=O)C(=CNc1ccc(C)c(C)n1)C(=O)O. The van der Waals surface area contributed by atoms with E-state index in [0.717, 1.165) is 17.5 Å². The molecule has 114 valence electrons. The van der Waals surface area contributed by atoms with E-state index in [1.54, 1.807) is 13.0 Å². The molecule has 1 aromatic rings. The number of carbonyl (C=O) groups excluding carboxylic acids is 1. The van der Waals surface area contributed by atoms with Gasteiger partial charge >= 0.3 is 11.9 Å². The average molecular weight is 292 g/mol. The zero-order valence-corrected chi connectivity index (χ0v) is 12.6. The largest absolute Gasteiger partial charge is 0.477 e. The van der Waals surface area contributed by atoms with E-state index in [1.165, 1.54) is 0 Å². The fourth-order valence-corrected chi connectivity index (χ4v) is 1.39. The van der Waals surface area contributed by atoms with Crippen molar-refractivity contribution in [3.05, 3.63) is 35.2 Å². The van der Waals surface area contributed by atoms with Gasteiger partial charge in [-0.15, -0.1) is 0 Å². The number of hydrogen-bond acceptors (Lipinski definition) is 5. The summed E-state index contributed by atoms with van der Waals surface area (Å²) in [6, 6.07) is 3.56. The molecule has 1 atom stereocenters. The first-order valence-corrected chi connectivity index (χ1v) is 6.70. The van der Waals surface area contributed by atoms with Crippen molar-refractivity contribution < 1.29 is 19.4 Å². The first-order valence-electron chi connectivity index (χ1n) is 6.70. The Kier molecular flexibility index (Phi) is 5.90. The van der Waals surface area contributed by atoms with Crippen molar-refractivity contribution >= 4 is 17.8 Å². The van der Waals surface area contributed by atoms with Crippen LogP contribution in [0.5, 0.6) is 0 Å². The Morgan fingerprint density at radius 1 is 1.43 bits per heavy atom. The fraction of sp³-hybridized carbons (Fsp3) is 0.400. The van der Waals surface area contributed by atoms with Crippen LogP contribution in [-0.4, -0.2) is 28.1 Å². The Labute approximate surface area is 123 Å². The lowest BCUT2D eigenvalue weighted by molar-refractivity contribution is -0.147. The van der Waals surface area contributed by atoms with Gasteiger partial charge < -0.3 is 15.2 Å². The van der Waals surface area contributed by atoms with Gasteiger partial charge in [-0.1, -0.05) is 13.0 Å². The molecule has 0 aliphatic rings. The summed E-state index contributed by atoms with van der Waals surface area (Å²) in [6.45, 7) is 7.32. The molecule has 0 fully saturated rings. The molecular weight excluding hydrogens is 272 g/mol. The Hall–Kier alpha value is -2.37. The van der Waals surface area contributed by atoms with Gasteiger partial charge in [-0.05, 0) is 38.8 Å². The maximum absolute atomic E-state index is 11.8. The predicted octanol–water partition coefficient (Wildman–Crippen LogP) is 2.42. The van der Waals surface area contributed by atoms with Gasteiger partial charge in [0.25, 0.3) is 0 Å². The number of carbonyl (C=O) groups is 2. The van der Waals surface area contributed by atoms with Crippen molar-refractivity contribution in [3.63, 3.8) is 0 Å². The molecule has 0 radical (unpaired) electrons. The molecule has 0 bridgehead atoms. The van der Waals surface area contributed by atoms with Gasteiger partial charge in [-0.2, -0.15) is 0 Å². The molecule has 0 aromatic carbocycles. The molecule has 0 aliphatic carbocycles. The van der Waals surface area contributed by atoms with Crippen LogP contribution in [0, 0.1) is 13.8 Å². The first kappa shape index (κ1) is 16.7. The van der Waals surface area contributed by atoms with Crippen LogP contribution in [-0.2, 0) is 14.3 Å². The molecule has 0 aliphatic heterocycles. The zero-order chi connectivity index (χ0) is 16.0. The number of esters is 1. The van der Waals surface area contributed by atoms with E-state index >= 15 is 0 Å². The lowest BCUT2D eigenvalue weighted by Crippen LogP contribution is -2.21. The highest BCUT2D eigenvalue weighted by atomic mass is 16.5. The van der Waals surface area contributed by atoms with Crippen LogP contribution >= 0.6 is 0 Å². The van der Waals surface area contributed by atoms with E-state index in [-0.39, 0.29) is 6.10 Å². The maximum atomic E-state index is 11.8. The smallest absolute Gasteiger partial charge is 0.347 e. The van der Waals surface area contributed by atoms with Crippen molar-refractivity contribution in [1.82, 2.24) is 4.98 Å². The molecule has 1 unspecified atom stereocenters. The highest BCUT2D eigenvalue weighted by molar-refractivity contribution is 6.13. The molecule has 1 heterocycles. The quantitative estimate of drug-likeness (QED) is 0.362. The summed E-state index contributed by atoms with van der Waals surface area (Å²) in [5, 5.41) is 11.8. The molecular formula is C15H20N2O4. The molecule has 6 heteroatoms. The summed E-state index contributed by atoms with van der Waals surface area (Å²) >= 11 is 0. The highest BCUT2D eigenvalue weighted by Gasteiger charge is 2.20. The Morgan fingerprint density at radius 3 is 2.62 bits per heavy atom. The Morgan fingerprint density at radius 2 is 2.10 bits per heavy atom. The third-order valence-corrected chi connectivity index (χ3v) is 3.05. The van der Waals surface area contributed by atoms with Crippen LogP contribution in [0.1, 0.15) is 31.5 Å². The molecule has 0 saturated heterocycles. The highest BCUT2D eigenvalue weighted by Crippen LogP contribution is 2.10. The average Bonchev–Trinajstić information content (AvgIpc) is 2.42. The predicted molar refractivity (Wildman–Crippen MR) is 78.9 cm³/mol. The van der Waals surface area contributed by atoms with Gasteiger partial charge in [-0.25, -0.2) is 14.6 Å². The molecule has 0 amide bonds. The molecule has 2 N–H and O–H groups in total. The number of rotatable bonds is 6. The van der Waals surface area contributed by atoms with Crippen LogP contribution in [0.25, 0.3) is 0 Å². The second-order valence-electron chi connectivity index (χ2n) is 4.73. The van der Waals surface area contributed by atoms with Crippen LogP contribution in [0.3, 0.4) is 0 Å². The molecule has 0 spiro atoms. The number of carboxylic acids is 1. The van der Waals surface area contributed by atoms with E-state index < -0.39 is 17.5 Å². The Bertz CT molecular complexity index is 567. The number of aryl methyl sites for hydroxylation is 2. The summed E-state index contributed by atoms with van der Waals surface area (Å²) in [7, 11) is 0. The maximum Gasteiger partial charge on any atom is 0.347 e. The van der Waals surface area contributed by atoms with Crippen LogP contribution < -0.4 is 5.32 Å². The normalized spacial score (nSPS) is 12.7. The molecule has 0 saturated carbocycles. The van der Waals surface area contributed by atoms with Crippen molar-refractivity contribution in [2.75, 3.05) is 5.32 Å². The molecule has 1 aromatic heterocycles. The van der Waals surface area contributed by atoms with E-state index in [1.807, 2.05) is 26.8 Å². The summed E-state index contributed by atoms with van der Waals surface area (Å²) in [6.07, 6.45) is 1.38. The number of aromatic nitrogens is 1. The number of ether oxygens (including phenoxy) is 1. The first-order chi connectivity index (χ1) is 9.85. The molecule has 21 heavy (non-hydrogen) atoms. The van der Waals surface area contributed by atoms with Gasteiger partial charge in [0.1, 0.15) is 5.82 Å². The zero-order valence-electron chi connectivity index (χ0n) is 12.6. The number of aliphatic carboxylic acids is 1. The molecule has 1 rings (SSSR count). The second kappa shape index (κ2) is 7.42. The van der Waals surface area contributed by atoms with Gasteiger partial charge in [0.15, 0.2) is 5.57 Å². The van der Waals surface area contributed by atoms with Crippen molar-refractivity contribution in [2.24, 2.45) is 0 Å². The van der Waals surface area contributed by atoms with Crippen LogP contribution in [0.15, 0.2) is 23.9 Å². The van der Waals surface area contributed by atoms with E-state index in [0.29, 0.717) is 12.2 Å². The van der Waals surface area contributed by atoms with Crippen molar-refractivity contribution in [3.8, 4) is 0 Å². The number of hydrogen-bond donors (Lipinski definition) is 2. The number of anilines is 1.